The maximum atomic E-state index is 13.5. The molecule has 0 spiro atoms. The molecule has 1 saturated heterocycles. The monoisotopic (exact) mass is 450 g/mol. The van der Waals surface area contributed by atoms with Gasteiger partial charge in [-0.1, -0.05) is 29.8 Å². The number of fused-ring (bicyclic) bond motifs is 1. The highest BCUT2D eigenvalue weighted by molar-refractivity contribution is 6.32. The number of halogens is 2. The molecule has 1 aliphatic heterocycles. The fraction of sp³-hybridized carbons (Fsp3) is 0.217. The molecule has 5 rings (SSSR count). The van der Waals surface area contributed by atoms with Crippen LogP contribution in [0.2, 0.25) is 5.02 Å². The van der Waals surface area contributed by atoms with Crippen molar-refractivity contribution in [3.8, 4) is 5.69 Å². The Labute approximate surface area is 189 Å². The molecule has 9 heteroatoms. The van der Waals surface area contributed by atoms with Crippen molar-refractivity contribution in [2.24, 2.45) is 0 Å². The van der Waals surface area contributed by atoms with Gasteiger partial charge in [0.1, 0.15) is 17.5 Å². The fourth-order valence-corrected chi connectivity index (χ4v) is 4.18. The molecular weight excluding hydrogens is 431 g/mol. The first kappa shape index (κ1) is 20.4. The van der Waals surface area contributed by atoms with Crippen LogP contribution in [0.25, 0.3) is 16.7 Å². The number of carbonyl (C=O) groups excluding carboxylic acids is 1. The molecule has 4 aromatic rings. The molecule has 1 amide bonds. The second-order valence-corrected chi connectivity index (χ2v) is 8.04. The zero-order valence-corrected chi connectivity index (χ0v) is 18.1. The van der Waals surface area contributed by atoms with Crippen LogP contribution in [0.5, 0.6) is 0 Å². The van der Waals surface area contributed by atoms with E-state index >= 15 is 0 Å². The van der Waals surface area contributed by atoms with Crippen LogP contribution in [-0.4, -0.2) is 56.7 Å². The molecule has 162 valence electrons. The van der Waals surface area contributed by atoms with Crippen molar-refractivity contribution < 1.29 is 9.18 Å². The van der Waals surface area contributed by atoms with Crippen LogP contribution in [0.15, 0.2) is 54.7 Å². The summed E-state index contributed by atoms with van der Waals surface area (Å²) in [5.41, 5.74) is 1.79. The van der Waals surface area contributed by atoms with E-state index in [1.54, 1.807) is 27.9 Å². The third kappa shape index (κ3) is 3.67. The lowest BCUT2D eigenvalue weighted by molar-refractivity contribution is 0.0746. The van der Waals surface area contributed by atoms with E-state index < -0.39 is 5.82 Å². The van der Waals surface area contributed by atoms with Crippen molar-refractivity contribution in [3.05, 3.63) is 77.0 Å². The van der Waals surface area contributed by atoms with E-state index in [2.05, 4.69) is 20.0 Å². The Bertz CT molecular complexity index is 1320. The highest BCUT2D eigenvalue weighted by Gasteiger charge is 2.25. The summed E-state index contributed by atoms with van der Waals surface area (Å²) in [6, 6.07) is 13.3. The minimum absolute atomic E-state index is 0.167. The van der Waals surface area contributed by atoms with Crippen molar-refractivity contribution in [1.29, 1.82) is 0 Å². The van der Waals surface area contributed by atoms with E-state index in [0.29, 0.717) is 48.2 Å². The van der Waals surface area contributed by atoms with Crippen LogP contribution in [-0.2, 0) is 0 Å². The Morgan fingerprint density at radius 1 is 1.03 bits per heavy atom. The summed E-state index contributed by atoms with van der Waals surface area (Å²) in [7, 11) is 0. The molecule has 0 bridgehead atoms. The van der Waals surface area contributed by atoms with Crippen molar-refractivity contribution in [3.63, 3.8) is 0 Å². The summed E-state index contributed by atoms with van der Waals surface area (Å²) < 4.78 is 15.2. The Morgan fingerprint density at radius 2 is 1.81 bits per heavy atom. The van der Waals surface area contributed by atoms with E-state index in [1.807, 2.05) is 31.2 Å². The third-order valence-corrected chi connectivity index (χ3v) is 5.86. The van der Waals surface area contributed by atoms with Gasteiger partial charge in [0.15, 0.2) is 5.65 Å². The van der Waals surface area contributed by atoms with Gasteiger partial charge < -0.3 is 9.80 Å². The first-order valence-electron chi connectivity index (χ1n) is 10.3. The second kappa shape index (κ2) is 8.20. The molecule has 0 saturated carbocycles. The molecule has 0 aliphatic carbocycles. The summed E-state index contributed by atoms with van der Waals surface area (Å²) in [4.78, 5) is 25.9. The fourth-order valence-electron chi connectivity index (χ4n) is 3.97. The van der Waals surface area contributed by atoms with Crippen molar-refractivity contribution in [1.82, 2.24) is 24.6 Å². The van der Waals surface area contributed by atoms with E-state index in [1.165, 1.54) is 12.1 Å². The number of amides is 1. The average molecular weight is 451 g/mol. The Kier molecular flexibility index (Phi) is 5.22. The molecule has 7 nitrogen and oxygen atoms in total. The van der Waals surface area contributed by atoms with Crippen LogP contribution in [0.1, 0.15) is 16.2 Å². The molecule has 0 N–H and O–H groups in total. The zero-order valence-electron chi connectivity index (χ0n) is 17.4. The summed E-state index contributed by atoms with van der Waals surface area (Å²) >= 11 is 6.37. The van der Waals surface area contributed by atoms with Crippen LogP contribution in [0.3, 0.4) is 0 Å². The molecular formula is C23H20ClFN6O. The lowest BCUT2D eigenvalue weighted by Gasteiger charge is -2.35. The number of benzene rings is 2. The molecule has 3 heterocycles. The molecule has 1 fully saturated rings. The van der Waals surface area contributed by atoms with Gasteiger partial charge in [0.2, 0.25) is 0 Å². The lowest BCUT2D eigenvalue weighted by atomic mass is 10.1. The van der Waals surface area contributed by atoms with Gasteiger partial charge in [0.25, 0.3) is 5.91 Å². The predicted octanol–water partition coefficient (Wildman–Crippen LogP) is 3.88. The number of hydrogen-bond donors (Lipinski definition) is 0. The second-order valence-electron chi connectivity index (χ2n) is 7.63. The van der Waals surface area contributed by atoms with Crippen LogP contribution in [0, 0.1) is 12.7 Å². The summed E-state index contributed by atoms with van der Waals surface area (Å²) in [6.07, 6.45) is 1.75. The smallest absolute Gasteiger partial charge is 0.254 e. The highest BCUT2D eigenvalue weighted by atomic mass is 35.5. The number of piperazine rings is 1. The first-order chi connectivity index (χ1) is 15.5. The number of nitrogens with zero attached hydrogens (tertiary/aromatic N) is 6. The maximum absolute atomic E-state index is 13.5. The Morgan fingerprint density at radius 3 is 2.56 bits per heavy atom. The van der Waals surface area contributed by atoms with E-state index in [4.69, 9.17) is 11.6 Å². The molecule has 2 aromatic heterocycles. The van der Waals surface area contributed by atoms with Crippen molar-refractivity contribution in [2.45, 2.75) is 6.92 Å². The van der Waals surface area contributed by atoms with E-state index in [0.717, 1.165) is 16.9 Å². The van der Waals surface area contributed by atoms with E-state index in [9.17, 15) is 9.18 Å². The number of aryl methyl sites for hydroxylation is 1. The Balaban J connectivity index is 1.41. The van der Waals surface area contributed by atoms with Crippen molar-refractivity contribution in [2.75, 3.05) is 31.1 Å². The van der Waals surface area contributed by atoms with Crippen LogP contribution >= 0.6 is 11.6 Å². The quantitative estimate of drug-likeness (QED) is 0.474. The van der Waals surface area contributed by atoms with Crippen LogP contribution < -0.4 is 4.90 Å². The molecule has 0 radical (unpaired) electrons. The van der Waals surface area contributed by atoms with Gasteiger partial charge in [-0.15, -0.1) is 0 Å². The predicted molar refractivity (Wildman–Crippen MR) is 121 cm³/mol. The van der Waals surface area contributed by atoms with Gasteiger partial charge in [-0.05, 0) is 37.3 Å². The normalized spacial score (nSPS) is 14.2. The number of hydrogen-bond acceptors (Lipinski definition) is 5. The minimum Gasteiger partial charge on any atom is -0.352 e. The molecule has 1 aliphatic rings. The third-order valence-electron chi connectivity index (χ3n) is 5.54. The molecule has 32 heavy (non-hydrogen) atoms. The summed E-state index contributed by atoms with van der Waals surface area (Å²) in [6.45, 7) is 4.07. The number of para-hydroxylation sites is 1. The highest BCUT2D eigenvalue weighted by Crippen LogP contribution is 2.29. The van der Waals surface area contributed by atoms with Crippen molar-refractivity contribution >= 4 is 34.4 Å². The molecule has 2 aromatic carbocycles. The van der Waals surface area contributed by atoms with E-state index in [-0.39, 0.29) is 5.91 Å². The lowest BCUT2D eigenvalue weighted by Crippen LogP contribution is -2.49. The topological polar surface area (TPSA) is 67.2 Å². The zero-order chi connectivity index (χ0) is 22.2. The molecule has 0 unspecified atom stereocenters. The van der Waals surface area contributed by atoms with Gasteiger partial charge in [-0.2, -0.15) is 5.10 Å². The largest absolute Gasteiger partial charge is 0.352 e. The number of carbonyl (C=O) groups is 1. The van der Waals surface area contributed by atoms with Gasteiger partial charge in [0, 0.05) is 31.7 Å². The van der Waals surface area contributed by atoms with Crippen LogP contribution in [0.4, 0.5) is 10.2 Å². The standard InChI is InChI=1S/C23H20ClFN6O/c1-15-27-21(18-14-26-31(22(18)28-15)20-8-3-2-7-19(20)24)29-9-11-30(12-10-29)23(32)16-5-4-6-17(25)13-16/h2-8,13-14H,9-12H2,1H3. The molecule has 0 atom stereocenters. The SMILES string of the molecule is Cc1nc(N2CCN(C(=O)c3cccc(F)c3)CC2)c2cnn(-c3ccccc3Cl)c2n1. The summed E-state index contributed by atoms with van der Waals surface area (Å²) in [5, 5.41) is 5.92. The Hall–Kier alpha value is -3.52. The number of rotatable bonds is 3. The number of aromatic nitrogens is 4. The van der Waals surface area contributed by atoms with Gasteiger partial charge in [-0.3, -0.25) is 4.79 Å². The van der Waals surface area contributed by atoms with Gasteiger partial charge >= 0.3 is 0 Å². The van der Waals surface area contributed by atoms with Gasteiger partial charge in [-0.25, -0.2) is 19.0 Å². The first-order valence-corrected chi connectivity index (χ1v) is 10.7. The average Bonchev–Trinajstić information content (AvgIpc) is 3.22. The minimum atomic E-state index is -0.413. The maximum Gasteiger partial charge on any atom is 0.254 e. The number of anilines is 1. The summed E-state index contributed by atoms with van der Waals surface area (Å²) in [5.74, 6) is 0.826. The van der Waals surface area contributed by atoms with Gasteiger partial charge in [0.05, 0.1) is 22.3 Å².